The fraction of sp³-hybridized carbons (Fsp3) is 0.440. The Morgan fingerprint density at radius 2 is 1.80 bits per heavy atom. The lowest BCUT2D eigenvalue weighted by molar-refractivity contribution is 0.0985. The van der Waals surface area contributed by atoms with Crippen molar-refractivity contribution in [2.24, 2.45) is 5.92 Å². The highest BCUT2D eigenvalue weighted by Gasteiger charge is 2.29. The molecule has 4 rings (SSSR count). The number of ether oxygens (including phenoxy) is 1. The van der Waals surface area contributed by atoms with Crippen molar-refractivity contribution in [3.05, 3.63) is 48.0 Å². The van der Waals surface area contributed by atoms with Gasteiger partial charge >= 0.3 is 0 Å². The fourth-order valence-electron chi connectivity index (χ4n) is 4.08. The summed E-state index contributed by atoms with van der Waals surface area (Å²) in [5.41, 5.74) is 1.14. The highest BCUT2D eigenvalue weighted by atomic mass is 32.2. The number of fused-ring (bicyclic) bond motifs is 1. The van der Waals surface area contributed by atoms with Gasteiger partial charge in [0.15, 0.2) is 5.13 Å². The molecule has 188 valence electrons. The van der Waals surface area contributed by atoms with E-state index in [0.29, 0.717) is 48.5 Å². The Labute approximate surface area is 211 Å². The monoisotopic (exact) mass is 516 g/mol. The van der Waals surface area contributed by atoms with E-state index in [1.54, 1.807) is 28.4 Å². The summed E-state index contributed by atoms with van der Waals surface area (Å²) in [6, 6.07) is 12.0. The number of amides is 1. The van der Waals surface area contributed by atoms with Crippen molar-refractivity contribution in [3.8, 4) is 5.75 Å². The average molecular weight is 517 g/mol. The molecule has 0 N–H and O–H groups in total. The quantitative estimate of drug-likeness (QED) is 0.451. The first-order valence-electron chi connectivity index (χ1n) is 11.7. The van der Waals surface area contributed by atoms with Gasteiger partial charge in [-0.3, -0.25) is 9.69 Å². The number of thiazole rings is 1. The third kappa shape index (κ3) is 5.50. The summed E-state index contributed by atoms with van der Waals surface area (Å²) in [6.07, 6.45) is 1.73. The molecule has 0 spiro atoms. The molecule has 1 aliphatic rings. The fourth-order valence-corrected chi connectivity index (χ4v) is 6.55. The number of methoxy groups -OCH3 is 1. The van der Waals surface area contributed by atoms with Gasteiger partial charge in [0.05, 0.1) is 16.7 Å². The Morgan fingerprint density at radius 1 is 1.11 bits per heavy atom. The van der Waals surface area contributed by atoms with Crippen molar-refractivity contribution in [2.75, 3.05) is 52.3 Å². The first-order valence-corrected chi connectivity index (χ1v) is 14.0. The third-order valence-electron chi connectivity index (χ3n) is 6.32. The number of likely N-dealkylation sites (N-methyl/N-ethyl adjacent to an activating group) is 1. The molecule has 0 atom stereocenters. The van der Waals surface area contributed by atoms with E-state index in [0.717, 1.165) is 23.1 Å². The second kappa shape index (κ2) is 10.6. The number of anilines is 1. The van der Waals surface area contributed by atoms with Crippen molar-refractivity contribution in [2.45, 2.75) is 24.7 Å². The molecule has 1 fully saturated rings. The van der Waals surface area contributed by atoms with Crippen molar-refractivity contribution >= 4 is 42.6 Å². The van der Waals surface area contributed by atoms with E-state index in [2.05, 4.69) is 6.92 Å². The zero-order chi connectivity index (χ0) is 25.2. The number of nitrogens with zero attached hydrogens (tertiary/aromatic N) is 4. The molecule has 1 aromatic heterocycles. The van der Waals surface area contributed by atoms with Gasteiger partial charge in [-0.1, -0.05) is 24.3 Å². The van der Waals surface area contributed by atoms with Gasteiger partial charge in [0.1, 0.15) is 11.3 Å². The molecule has 2 aromatic carbocycles. The van der Waals surface area contributed by atoms with Gasteiger partial charge in [-0.05, 0) is 69.3 Å². The molecule has 2 heterocycles. The van der Waals surface area contributed by atoms with Crippen LogP contribution in [-0.4, -0.2) is 75.9 Å². The van der Waals surface area contributed by atoms with Crippen molar-refractivity contribution in [3.63, 3.8) is 0 Å². The Morgan fingerprint density at radius 3 is 2.43 bits per heavy atom. The number of piperidine rings is 1. The van der Waals surface area contributed by atoms with Gasteiger partial charge in [-0.2, -0.15) is 4.31 Å². The largest absolute Gasteiger partial charge is 0.494 e. The lowest BCUT2D eigenvalue weighted by atomic mass is 10.0. The molecule has 1 aliphatic heterocycles. The number of para-hydroxylation sites is 1. The van der Waals surface area contributed by atoms with Crippen LogP contribution in [0.25, 0.3) is 10.2 Å². The Bertz CT molecular complexity index is 1280. The number of sulfonamides is 1. The van der Waals surface area contributed by atoms with Crippen LogP contribution in [0.4, 0.5) is 5.13 Å². The van der Waals surface area contributed by atoms with E-state index < -0.39 is 10.0 Å². The molecule has 1 saturated heterocycles. The van der Waals surface area contributed by atoms with Crippen LogP contribution < -0.4 is 9.64 Å². The maximum atomic E-state index is 13.6. The molecule has 0 radical (unpaired) electrons. The Balaban J connectivity index is 1.61. The van der Waals surface area contributed by atoms with Gasteiger partial charge < -0.3 is 9.64 Å². The highest BCUT2D eigenvalue weighted by Crippen LogP contribution is 2.34. The Kier molecular flexibility index (Phi) is 7.75. The molecule has 0 aliphatic carbocycles. The molecule has 10 heteroatoms. The summed E-state index contributed by atoms with van der Waals surface area (Å²) in [7, 11) is 1.93. The van der Waals surface area contributed by atoms with Crippen LogP contribution in [0.3, 0.4) is 0 Å². The molecule has 3 aromatic rings. The van der Waals surface area contributed by atoms with Crippen LogP contribution in [-0.2, 0) is 10.0 Å². The maximum absolute atomic E-state index is 13.6. The summed E-state index contributed by atoms with van der Waals surface area (Å²) in [6.45, 7) is 4.31. The average Bonchev–Trinajstić information content (AvgIpc) is 3.28. The van der Waals surface area contributed by atoms with Crippen LogP contribution in [0.1, 0.15) is 30.1 Å². The topological polar surface area (TPSA) is 83.0 Å². The molecule has 0 bridgehead atoms. The van der Waals surface area contributed by atoms with E-state index in [-0.39, 0.29) is 10.8 Å². The molecule has 35 heavy (non-hydrogen) atoms. The van der Waals surface area contributed by atoms with Gasteiger partial charge in [0, 0.05) is 31.7 Å². The number of aromatic nitrogens is 1. The third-order valence-corrected chi connectivity index (χ3v) is 9.28. The van der Waals surface area contributed by atoms with Crippen LogP contribution in [0.2, 0.25) is 0 Å². The second-order valence-electron chi connectivity index (χ2n) is 9.17. The van der Waals surface area contributed by atoms with E-state index in [9.17, 15) is 13.2 Å². The predicted octanol–water partition coefficient (Wildman–Crippen LogP) is 3.93. The summed E-state index contributed by atoms with van der Waals surface area (Å²) < 4.78 is 34.1. The zero-order valence-corrected chi connectivity index (χ0v) is 22.2. The summed E-state index contributed by atoms with van der Waals surface area (Å²) >= 11 is 1.43. The Hall–Kier alpha value is -2.53. The number of carbonyl (C=O) groups excluding carboxylic acids is 1. The molecule has 0 saturated carbocycles. The summed E-state index contributed by atoms with van der Waals surface area (Å²) in [4.78, 5) is 22.2. The van der Waals surface area contributed by atoms with Gasteiger partial charge in [-0.25, -0.2) is 13.4 Å². The van der Waals surface area contributed by atoms with E-state index in [1.165, 1.54) is 23.5 Å². The number of benzene rings is 2. The summed E-state index contributed by atoms with van der Waals surface area (Å²) in [5.74, 6) is 0.976. The van der Waals surface area contributed by atoms with E-state index in [1.807, 2.05) is 37.2 Å². The van der Waals surface area contributed by atoms with Gasteiger partial charge in [0.25, 0.3) is 5.91 Å². The molecular weight excluding hydrogens is 484 g/mol. The molecule has 0 unspecified atom stereocenters. The second-order valence-corrected chi connectivity index (χ2v) is 12.1. The lowest BCUT2D eigenvalue weighted by Gasteiger charge is -2.29. The van der Waals surface area contributed by atoms with Gasteiger partial charge in [-0.15, -0.1) is 0 Å². The normalized spacial score (nSPS) is 15.6. The number of carbonyl (C=O) groups is 1. The first kappa shape index (κ1) is 25.6. The standard InChI is InChI=1S/C25H32N4O4S2/c1-18-12-14-28(15-13-18)35(31,32)20-10-8-19(9-11-20)24(30)29(17-16-27(2)3)25-26-23-21(33-4)6-5-7-22(23)34-25/h5-11,18H,12-17H2,1-4H3. The minimum absolute atomic E-state index is 0.216. The first-order chi connectivity index (χ1) is 16.7. The number of hydrogen-bond donors (Lipinski definition) is 0. The van der Waals surface area contributed by atoms with Crippen molar-refractivity contribution < 1.29 is 17.9 Å². The minimum atomic E-state index is -3.57. The smallest absolute Gasteiger partial charge is 0.260 e. The predicted molar refractivity (Wildman–Crippen MR) is 140 cm³/mol. The van der Waals surface area contributed by atoms with E-state index >= 15 is 0 Å². The van der Waals surface area contributed by atoms with E-state index in [4.69, 9.17) is 9.72 Å². The molecular formula is C25H32N4O4S2. The van der Waals surface area contributed by atoms with Crippen molar-refractivity contribution in [1.82, 2.24) is 14.2 Å². The van der Waals surface area contributed by atoms with Crippen LogP contribution in [0.15, 0.2) is 47.4 Å². The number of hydrogen-bond acceptors (Lipinski definition) is 7. The van der Waals surface area contributed by atoms with Crippen LogP contribution in [0.5, 0.6) is 5.75 Å². The molecule has 8 nitrogen and oxygen atoms in total. The summed E-state index contributed by atoms with van der Waals surface area (Å²) in [5, 5.41) is 0.579. The number of rotatable bonds is 8. The maximum Gasteiger partial charge on any atom is 0.260 e. The van der Waals surface area contributed by atoms with Crippen LogP contribution >= 0.6 is 11.3 Å². The SMILES string of the molecule is COc1cccc2sc(N(CCN(C)C)C(=O)c3ccc(S(=O)(=O)N4CCC(C)CC4)cc3)nc12. The van der Waals surface area contributed by atoms with Crippen molar-refractivity contribution in [1.29, 1.82) is 0 Å². The highest BCUT2D eigenvalue weighted by molar-refractivity contribution is 7.89. The van der Waals surface area contributed by atoms with Crippen LogP contribution in [0, 0.1) is 5.92 Å². The lowest BCUT2D eigenvalue weighted by Crippen LogP contribution is -2.38. The molecule has 1 amide bonds. The van der Waals surface area contributed by atoms with Gasteiger partial charge in [0.2, 0.25) is 10.0 Å². The minimum Gasteiger partial charge on any atom is -0.494 e. The zero-order valence-electron chi connectivity index (χ0n) is 20.6.